The summed E-state index contributed by atoms with van der Waals surface area (Å²) in [6, 6.07) is 8.05. The second kappa shape index (κ2) is 7.41. The van der Waals surface area contributed by atoms with E-state index in [-0.39, 0.29) is 18.2 Å². The van der Waals surface area contributed by atoms with Crippen molar-refractivity contribution < 1.29 is 39.6 Å². The summed E-state index contributed by atoms with van der Waals surface area (Å²) in [5.41, 5.74) is -4.44. The summed E-state index contributed by atoms with van der Waals surface area (Å²) < 4.78 is 106. The third-order valence-electron chi connectivity index (χ3n) is 3.97. The molecular formula is C18H15F6N3O3S. The number of anilines is 1. The van der Waals surface area contributed by atoms with Gasteiger partial charge >= 0.3 is 12.4 Å². The maximum atomic E-state index is 13.1. The molecule has 2 aromatic rings. The van der Waals surface area contributed by atoms with Crippen LogP contribution in [0, 0.1) is 0 Å². The van der Waals surface area contributed by atoms with Gasteiger partial charge in [0.1, 0.15) is 0 Å². The number of aliphatic imine (C=N–C) groups is 1. The number of benzene rings is 2. The summed E-state index contributed by atoms with van der Waals surface area (Å²) in [6.07, 6.45) is -10.4. The van der Waals surface area contributed by atoms with E-state index in [9.17, 15) is 34.8 Å². The molecule has 0 fully saturated rings. The van der Waals surface area contributed by atoms with E-state index in [1.54, 1.807) is 18.2 Å². The summed E-state index contributed by atoms with van der Waals surface area (Å²) in [7, 11) is -4.90. The lowest BCUT2D eigenvalue weighted by molar-refractivity contribution is -0.143. The van der Waals surface area contributed by atoms with Crippen molar-refractivity contribution in [3.63, 3.8) is 0 Å². The topological polar surface area (TPSA) is 71.0 Å². The molecular weight excluding hydrogens is 452 g/mol. The van der Waals surface area contributed by atoms with Gasteiger partial charge in [0.2, 0.25) is 5.96 Å². The van der Waals surface area contributed by atoms with E-state index in [1.807, 2.05) is 4.72 Å². The van der Waals surface area contributed by atoms with Crippen LogP contribution in [-0.2, 0) is 27.2 Å². The lowest BCUT2D eigenvalue weighted by Crippen LogP contribution is -2.41. The highest BCUT2D eigenvalue weighted by Gasteiger charge is 2.40. The smallest absolute Gasteiger partial charge is 0.247 e. The summed E-state index contributed by atoms with van der Waals surface area (Å²) >= 11 is 0. The Bertz CT molecular complexity index is 1080. The van der Waals surface area contributed by atoms with E-state index in [0.29, 0.717) is 5.69 Å². The molecule has 6 nitrogen and oxygen atoms in total. The van der Waals surface area contributed by atoms with Crippen LogP contribution in [0.2, 0.25) is 0 Å². The monoisotopic (exact) mass is 467 g/mol. The molecule has 1 aliphatic heterocycles. The number of nitrogens with zero attached hydrogens (tertiary/aromatic N) is 2. The SMILES string of the molecule is CC1(C)N=C(NS(=O)(=O)c2cc(C(F)(F)F)cc(C(F)(F)F)c2)N(c2ccccc2)O1. The number of hydrogen-bond donors (Lipinski definition) is 1. The molecule has 13 heteroatoms. The van der Waals surface area contributed by atoms with Crippen LogP contribution in [0.25, 0.3) is 0 Å². The number of hydroxylamine groups is 1. The molecule has 1 aliphatic rings. The van der Waals surface area contributed by atoms with Crippen molar-refractivity contribution >= 4 is 21.7 Å². The first-order chi connectivity index (χ1) is 14.1. The standard InChI is InChI=1S/C18H15F6N3O3S/c1-16(2)25-15(27(30-16)13-6-4-3-5-7-13)26-31(28,29)14-9-11(17(19,20)21)8-12(10-14)18(22,23)24/h3-10H,1-2H3,(H,25,26). The van der Waals surface area contributed by atoms with Crippen LogP contribution in [0.4, 0.5) is 32.0 Å². The van der Waals surface area contributed by atoms with Gasteiger partial charge in [-0.25, -0.2) is 23.0 Å². The van der Waals surface area contributed by atoms with Gasteiger partial charge in [-0.15, -0.1) is 0 Å². The molecule has 0 bridgehead atoms. The average molecular weight is 467 g/mol. The van der Waals surface area contributed by atoms with Crippen LogP contribution in [0.5, 0.6) is 0 Å². The first-order valence-electron chi connectivity index (χ1n) is 8.55. The van der Waals surface area contributed by atoms with E-state index in [1.165, 1.54) is 26.0 Å². The van der Waals surface area contributed by atoms with Crippen molar-refractivity contribution in [3.05, 3.63) is 59.7 Å². The van der Waals surface area contributed by atoms with E-state index in [0.717, 1.165) is 5.06 Å². The van der Waals surface area contributed by atoms with Gasteiger partial charge in [0.05, 0.1) is 21.7 Å². The Hall–Kier alpha value is -2.80. The minimum atomic E-state index is -5.20. The van der Waals surface area contributed by atoms with Crippen LogP contribution >= 0.6 is 0 Å². The third kappa shape index (κ3) is 5.10. The Morgan fingerprint density at radius 1 is 0.935 bits per heavy atom. The van der Waals surface area contributed by atoms with Gasteiger partial charge in [-0.05, 0) is 44.2 Å². The van der Waals surface area contributed by atoms with E-state index >= 15 is 0 Å². The van der Waals surface area contributed by atoms with Gasteiger partial charge in [0, 0.05) is 0 Å². The summed E-state index contributed by atoms with van der Waals surface area (Å²) in [6.45, 7) is 2.96. The molecule has 1 heterocycles. The van der Waals surface area contributed by atoms with Gasteiger partial charge in [0.15, 0.2) is 5.72 Å². The number of halogens is 6. The molecule has 0 saturated carbocycles. The molecule has 1 N–H and O–H groups in total. The van der Waals surface area contributed by atoms with Gasteiger partial charge in [-0.1, -0.05) is 18.2 Å². The molecule has 2 aromatic carbocycles. The number of guanidine groups is 1. The molecule has 0 spiro atoms. The van der Waals surface area contributed by atoms with E-state index in [2.05, 4.69) is 4.99 Å². The zero-order valence-electron chi connectivity index (χ0n) is 15.9. The quantitative estimate of drug-likeness (QED) is 0.673. The Morgan fingerprint density at radius 3 is 1.94 bits per heavy atom. The molecule has 0 saturated heterocycles. The minimum Gasteiger partial charge on any atom is -0.247 e. The number of para-hydroxylation sites is 1. The van der Waals surface area contributed by atoms with Crippen molar-refractivity contribution in [2.24, 2.45) is 4.99 Å². The maximum Gasteiger partial charge on any atom is 0.416 e. The molecule has 0 radical (unpaired) electrons. The first kappa shape index (κ1) is 22.9. The molecule has 0 amide bonds. The highest BCUT2D eigenvalue weighted by molar-refractivity contribution is 7.90. The Morgan fingerprint density at radius 2 is 1.45 bits per heavy atom. The number of alkyl halides is 6. The van der Waals surface area contributed by atoms with Crippen LogP contribution in [-0.4, -0.2) is 20.1 Å². The van der Waals surface area contributed by atoms with E-state index < -0.39 is 50.1 Å². The Labute approximate surface area is 173 Å². The van der Waals surface area contributed by atoms with Crippen LogP contribution in [0.3, 0.4) is 0 Å². The highest BCUT2D eigenvalue weighted by atomic mass is 32.2. The summed E-state index contributed by atoms with van der Waals surface area (Å²) in [5, 5.41) is 0.982. The van der Waals surface area contributed by atoms with Crippen LogP contribution in [0.1, 0.15) is 25.0 Å². The maximum absolute atomic E-state index is 13.1. The molecule has 3 rings (SSSR count). The predicted molar refractivity (Wildman–Crippen MR) is 98.3 cm³/mol. The minimum absolute atomic E-state index is 0.117. The van der Waals surface area contributed by atoms with Crippen molar-refractivity contribution in [1.29, 1.82) is 0 Å². The molecule has 0 atom stereocenters. The molecule has 0 aliphatic carbocycles. The van der Waals surface area contributed by atoms with Crippen molar-refractivity contribution in [1.82, 2.24) is 4.72 Å². The number of rotatable bonds is 3. The van der Waals surface area contributed by atoms with Gasteiger partial charge in [0.25, 0.3) is 10.0 Å². The number of nitrogens with one attached hydrogen (secondary N) is 1. The summed E-state index contributed by atoms with van der Waals surface area (Å²) in [5.74, 6) is -0.429. The fourth-order valence-corrected chi connectivity index (χ4v) is 3.70. The highest BCUT2D eigenvalue weighted by Crippen LogP contribution is 2.37. The average Bonchev–Trinajstić information content (AvgIpc) is 2.94. The summed E-state index contributed by atoms with van der Waals surface area (Å²) in [4.78, 5) is 8.32. The van der Waals surface area contributed by atoms with Crippen LogP contribution < -0.4 is 9.79 Å². The van der Waals surface area contributed by atoms with Crippen LogP contribution in [0.15, 0.2) is 58.4 Å². The lowest BCUT2D eigenvalue weighted by atomic mass is 10.1. The fraction of sp³-hybridized carbons (Fsp3) is 0.278. The van der Waals surface area contributed by atoms with Crippen molar-refractivity contribution in [3.8, 4) is 0 Å². The lowest BCUT2D eigenvalue weighted by Gasteiger charge is -2.22. The zero-order valence-corrected chi connectivity index (χ0v) is 16.7. The predicted octanol–water partition coefficient (Wildman–Crippen LogP) is 4.55. The Balaban J connectivity index is 2.05. The molecule has 168 valence electrons. The van der Waals surface area contributed by atoms with E-state index in [4.69, 9.17) is 4.84 Å². The molecule has 31 heavy (non-hydrogen) atoms. The molecule has 0 unspecified atom stereocenters. The van der Waals surface area contributed by atoms with Crippen molar-refractivity contribution in [2.75, 3.05) is 5.06 Å². The largest absolute Gasteiger partial charge is 0.416 e. The van der Waals surface area contributed by atoms with Gasteiger partial charge in [-0.2, -0.15) is 31.4 Å². The number of hydrogen-bond acceptors (Lipinski definition) is 5. The third-order valence-corrected chi connectivity index (χ3v) is 5.28. The fourth-order valence-electron chi connectivity index (χ4n) is 2.65. The van der Waals surface area contributed by atoms with Crippen molar-refractivity contribution in [2.45, 2.75) is 36.8 Å². The second-order valence-corrected chi connectivity index (χ2v) is 8.63. The Kier molecular flexibility index (Phi) is 5.47. The first-order valence-corrected chi connectivity index (χ1v) is 10.0. The zero-order chi connectivity index (χ0) is 23.2. The number of sulfonamides is 1. The molecule has 0 aromatic heterocycles. The normalized spacial score (nSPS) is 16.9. The second-order valence-electron chi connectivity index (χ2n) is 6.95. The van der Waals surface area contributed by atoms with Gasteiger partial charge in [-0.3, -0.25) is 0 Å². The van der Waals surface area contributed by atoms with Gasteiger partial charge < -0.3 is 0 Å².